The standard InChI is InChI=1S/C43H31N3Si/c1-47(2)39-27-33(24-25-37(39)38-26-23-29-12-7-9-17-36(29)40(38)47)43-45-41(31-13-4-3-5-14-31)44-42(46-43)32-21-19-30(20-22-32)35-18-10-15-28-11-6-8-16-34(28)35/h3-27H,1-2H3. The van der Waals surface area contributed by atoms with Crippen LogP contribution in [0.15, 0.2) is 152 Å². The van der Waals surface area contributed by atoms with E-state index in [4.69, 9.17) is 15.0 Å². The summed E-state index contributed by atoms with van der Waals surface area (Å²) in [5.41, 5.74) is 8.05. The van der Waals surface area contributed by atoms with E-state index in [-0.39, 0.29) is 0 Å². The van der Waals surface area contributed by atoms with Gasteiger partial charge in [-0.05, 0) is 54.2 Å². The Hall–Kier alpha value is -5.71. The van der Waals surface area contributed by atoms with E-state index in [0.29, 0.717) is 17.5 Å². The molecule has 0 saturated carbocycles. The summed E-state index contributed by atoms with van der Waals surface area (Å²) >= 11 is 0. The van der Waals surface area contributed by atoms with Crippen LogP contribution < -0.4 is 10.4 Å². The van der Waals surface area contributed by atoms with Crippen molar-refractivity contribution in [3.8, 4) is 56.4 Å². The van der Waals surface area contributed by atoms with Crippen molar-refractivity contribution in [3.63, 3.8) is 0 Å². The maximum absolute atomic E-state index is 5.12. The highest BCUT2D eigenvalue weighted by molar-refractivity contribution is 7.05. The minimum Gasteiger partial charge on any atom is -0.208 e. The van der Waals surface area contributed by atoms with Crippen molar-refractivity contribution in [2.75, 3.05) is 0 Å². The van der Waals surface area contributed by atoms with Gasteiger partial charge in [0.2, 0.25) is 0 Å². The molecule has 0 bridgehead atoms. The first-order valence-corrected chi connectivity index (χ1v) is 19.1. The Balaban J connectivity index is 1.16. The molecule has 0 fully saturated rings. The van der Waals surface area contributed by atoms with Crippen molar-refractivity contribution in [1.29, 1.82) is 0 Å². The summed E-state index contributed by atoms with van der Waals surface area (Å²) in [5.74, 6) is 2.04. The van der Waals surface area contributed by atoms with E-state index in [1.165, 1.54) is 54.2 Å². The third-order valence-electron chi connectivity index (χ3n) is 9.71. The lowest BCUT2D eigenvalue weighted by atomic mass is 9.97. The summed E-state index contributed by atoms with van der Waals surface area (Å²) in [6.45, 7) is 4.94. The number of benzene rings is 7. The molecule has 0 amide bonds. The quantitative estimate of drug-likeness (QED) is 0.185. The van der Waals surface area contributed by atoms with Crippen LogP contribution in [0.25, 0.3) is 78.0 Å². The molecule has 0 spiro atoms. The summed E-state index contributed by atoms with van der Waals surface area (Å²) in [6, 6.07) is 54.0. The van der Waals surface area contributed by atoms with Gasteiger partial charge in [0.15, 0.2) is 17.5 Å². The van der Waals surface area contributed by atoms with E-state index in [1.807, 2.05) is 18.2 Å². The summed E-state index contributed by atoms with van der Waals surface area (Å²) in [5, 5.41) is 8.12. The number of hydrogen-bond donors (Lipinski definition) is 0. The average Bonchev–Trinajstić information content (AvgIpc) is 3.37. The monoisotopic (exact) mass is 617 g/mol. The Morgan fingerprint density at radius 3 is 1.66 bits per heavy atom. The van der Waals surface area contributed by atoms with Crippen LogP contribution >= 0.6 is 0 Å². The van der Waals surface area contributed by atoms with Crippen LogP contribution in [0.1, 0.15) is 0 Å². The van der Waals surface area contributed by atoms with Gasteiger partial charge in [-0.2, -0.15) is 0 Å². The predicted molar refractivity (Wildman–Crippen MR) is 199 cm³/mol. The number of fused-ring (bicyclic) bond motifs is 6. The minimum atomic E-state index is -1.99. The average molecular weight is 618 g/mol. The molecule has 3 nitrogen and oxygen atoms in total. The van der Waals surface area contributed by atoms with Crippen molar-refractivity contribution in [2.45, 2.75) is 13.1 Å². The second-order valence-corrected chi connectivity index (χ2v) is 17.2. The van der Waals surface area contributed by atoms with Crippen LogP contribution in [0.5, 0.6) is 0 Å². The van der Waals surface area contributed by atoms with Gasteiger partial charge >= 0.3 is 0 Å². The number of hydrogen-bond acceptors (Lipinski definition) is 3. The van der Waals surface area contributed by atoms with E-state index in [0.717, 1.165) is 16.7 Å². The van der Waals surface area contributed by atoms with E-state index < -0.39 is 8.07 Å². The maximum atomic E-state index is 5.12. The SMILES string of the molecule is C[Si]1(C)c2cc(-c3nc(-c4ccccc4)nc(-c4ccc(-c5cccc6ccccc56)cc4)n3)ccc2-c2ccc3ccccc3c21. The first-order valence-electron chi connectivity index (χ1n) is 16.1. The van der Waals surface area contributed by atoms with Gasteiger partial charge in [0.25, 0.3) is 0 Å². The largest absolute Gasteiger partial charge is 0.208 e. The Kier molecular flexibility index (Phi) is 6.27. The molecule has 0 N–H and O–H groups in total. The lowest BCUT2D eigenvalue weighted by Gasteiger charge is -2.21. The molecule has 7 aromatic carbocycles. The lowest BCUT2D eigenvalue weighted by molar-refractivity contribution is 1.07. The lowest BCUT2D eigenvalue weighted by Crippen LogP contribution is -2.49. The van der Waals surface area contributed by atoms with Gasteiger partial charge in [-0.15, -0.1) is 0 Å². The molecular weight excluding hydrogens is 587 g/mol. The normalized spacial score (nSPS) is 13.1. The van der Waals surface area contributed by atoms with Gasteiger partial charge in [0, 0.05) is 16.7 Å². The third-order valence-corrected chi connectivity index (χ3v) is 13.3. The molecule has 1 aliphatic rings. The van der Waals surface area contributed by atoms with Crippen LogP contribution in [0.3, 0.4) is 0 Å². The second-order valence-electron chi connectivity index (χ2n) is 12.9. The fraction of sp³-hybridized carbons (Fsp3) is 0.0465. The molecule has 9 rings (SSSR count). The smallest absolute Gasteiger partial charge is 0.164 e. The summed E-state index contributed by atoms with van der Waals surface area (Å²) in [6.07, 6.45) is 0. The molecule has 47 heavy (non-hydrogen) atoms. The first kappa shape index (κ1) is 27.6. The molecule has 0 radical (unpaired) electrons. The topological polar surface area (TPSA) is 38.7 Å². The van der Waals surface area contributed by atoms with Crippen molar-refractivity contribution in [3.05, 3.63) is 152 Å². The van der Waals surface area contributed by atoms with Gasteiger partial charge in [-0.25, -0.2) is 15.0 Å². The summed E-state index contributed by atoms with van der Waals surface area (Å²) in [4.78, 5) is 15.2. The van der Waals surface area contributed by atoms with E-state index in [1.54, 1.807) is 0 Å². The zero-order valence-corrected chi connectivity index (χ0v) is 27.3. The van der Waals surface area contributed by atoms with E-state index in [9.17, 15) is 0 Å². The second kappa shape index (κ2) is 10.7. The molecular formula is C43H31N3Si. The fourth-order valence-corrected chi connectivity index (χ4v) is 10.8. The molecule has 0 atom stereocenters. The predicted octanol–water partition coefficient (Wildman–Crippen LogP) is 9.65. The van der Waals surface area contributed by atoms with Gasteiger partial charge in [0.1, 0.15) is 8.07 Å². The summed E-state index contributed by atoms with van der Waals surface area (Å²) < 4.78 is 0. The van der Waals surface area contributed by atoms with Crippen LogP contribution in [0.2, 0.25) is 13.1 Å². The summed E-state index contributed by atoms with van der Waals surface area (Å²) in [7, 11) is -1.99. The highest BCUT2D eigenvalue weighted by atomic mass is 28.3. The minimum absolute atomic E-state index is 0.671. The first-order chi connectivity index (χ1) is 23.0. The molecule has 8 aromatic rings. The molecule has 2 heterocycles. The van der Waals surface area contributed by atoms with Crippen LogP contribution in [-0.4, -0.2) is 23.0 Å². The number of nitrogens with zero attached hydrogens (tertiary/aromatic N) is 3. The highest BCUT2D eigenvalue weighted by Gasteiger charge is 2.39. The molecule has 4 heteroatoms. The highest BCUT2D eigenvalue weighted by Crippen LogP contribution is 2.35. The molecule has 0 aliphatic carbocycles. The van der Waals surface area contributed by atoms with Gasteiger partial charge in [0.05, 0.1) is 0 Å². The van der Waals surface area contributed by atoms with Crippen molar-refractivity contribution >= 4 is 40.0 Å². The zero-order valence-electron chi connectivity index (χ0n) is 26.3. The van der Waals surface area contributed by atoms with Gasteiger partial charge in [-0.3, -0.25) is 0 Å². The maximum Gasteiger partial charge on any atom is 0.164 e. The van der Waals surface area contributed by atoms with E-state index >= 15 is 0 Å². The Labute approximate surface area is 275 Å². The van der Waals surface area contributed by atoms with Crippen molar-refractivity contribution in [1.82, 2.24) is 15.0 Å². The molecule has 1 aliphatic heterocycles. The van der Waals surface area contributed by atoms with Gasteiger partial charge < -0.3 is 0 Å². The molecule has 0 unspecified atom stereocenters. The Bertz CT molecular complexity index is 2480. The number of aromatic nitrogens is 3. The van der Waals surface area contributed by atoms with Crippen LogP contribution in [0.4, 0.5) is 0 Å². The molecule has 222 valence electrons. The molecule has 1 aromatic heterocycles. The van der Waals surface area contributed by atoms with Crippen molar-refractivity contribution in [2.24, 2.45) is 0 Å². The number of rotatable bonds is 4. The third kappa shape index (κ3) is 4.52. The fourth-order valence-electron chi connectivity index (χ4n) is 7.37. The van der Waals surface area contributed by atoms with Crippen LogP contribution in [0, 0.1) is 0 Å². The molecule has 0 saturated heterocycles. The zero-order chi connectivity index (χ0) is 31.5. The van der Waals surface area contributed by atoms with Gasteiger partial charge in [-0.1, -0.05) is 165 Å². The Morgan fingerprint density at radius 2 is 0.915 bits per heavy atom. The van der Waals surface area contributed by atoms with Crippen molar-refractivity contribution < 1.29 is 0 Å². The van der Waals surface area contributed by atoms with E-state index in [2.05, 4.69) is 147 Å². The Morgan fingerprint density at radius 1 is 0.383 bits per heavy atom. The van der Waals surface area contributed by atoms with Crippen LogP contribution in [-0.2, 0) is 0 Å².